The quantitative estimate of drug-likeness (QED) is 0.805. The van der Waals surface area contributed by atoms with E-state index in [4.69, 9.17) is 0 Å². The molecule has 0 bridgehead atoms. The van der Waals surface area contributed by atoms with Gasteiger partial charge in [0.25, 0.3) is 15.9 Å². The molecule has 6 heteroatoms. The van der Waals surface area contributed by atoms with E-state index in [0.29, 0.717) is 11.1 Å². The SMILES string of the molecule is Cc1ccccc1S(=O)(=O)NC(=O)c1ccc(I)cc1. The smallest absolute Gasteiger partial charge is 0.264 e. The highest BCUT2D eigenvalue weighted by atomic mass is 127. The Labute approximate surface area is 131 Å². The molecule has 2 aromatic carbocycles. The highest BCUT2D eigenvalue weighted by molar-refractivity contribution is 14.1. The fourth-order valence-corrected chi connectivity index (χ4v) is 3.28. The molecule has 0 spiro atoms. The minimum atomic E-state index is -3.85. The van der Waals surface area contributed by atoms with Crippen LogP contribution in [0.3, 0.4) is 0 Å². The molecule has 0 heterocycles. The normalized spacial score (nSPS) is 11.1. The van der Waals surface area contributed by atoms with E-state index in [1.165, 1.54) is 6.07 Å². The molecular formula is C14H12INO3S. The third kappa shape index (κ3) is 3.37. The van der Waals surface area contributed by atoms with E-state index in [1.54, 1.807) is 49.4 Å². The third-order valence-electron chi connectivity index (χ3n) is 2.72. The predicted molar refractivity (Wildman–Crippen MR) is 85.0 cm³/mol. The van der Waals surface area contributed by atoms with Crippen LogP contribution in [0.2, 0.25) is 0 Å². The van der Waals surface area contributed by atoms with E-state index < -0.39 is 15.9 Å². The Morgan fingerprint density at radius 3 is 2.25 bits per heavy atom. The van der Waals surface area contributed by atoms with Crippen molar-refractivity contribution in [1.82, 2.24) is 4.72 Å². The van der Waals surface area contributed by atoms with Crippen LogP contribution in [0, 0.1) is 10.5 Å². The van der Waals surface area contributed by atoms with Crippen LogP contribution in [0.25, 0.3) is 0 Å². The fourth-order valence-electron chi connectivity index (χ4n) is 1.70. The second-order valence-electron chi connectivity index (χ2n) is 4.21. The molecule has 0 unspecified atom stereocenters. The van der Waals surface area contributed by atoms with Gasteiger partial charge in [-0.2, -0.15) is 0 Å². The van der Waals surface area contributed by atoms with Gasteiger partial charge in [0.05, 0.1) is 4.90 Å². The van der Waals surface area contributed by atoms with Gasteiger partial charge in [0.15, 0.2) is 0 Å². The molecule has 0 saturated carbocycles. The van der Waals surface area contributed by atoms with Crippen molar-refractivity contribution in [2.24, 2.45) is 0 Å². The Kier molecular flexibility index (Phi) is 4.44. The molecule has 0 aromatic heterocycles. The lowest BCUT2D eigenvalue weighted by atomic mass is 10.2. The highest BCUT2D eigenvalue weighted by Gasteiger charge is 2.20. The van der Waals surface area contributed by atoms with Crippen molar-refractivity contribution in [3.8, 4) is 0 Å². The molecule has 0 aliphatic carbocycles. The van der Waals surface area contributed by atoms with E-state index >= 15 is 0 Å². The molecular weight excluding hydrogens is 389 g/mol. The average Bonchev–Trinajstić information content (AvgIpc) is 2.39. The van der Waals surface area contributed by atoms with Crippen LogP contribution in [-0.2, 0) is 10.0 Å². The maximum absolute atomic E-state index is 12.2. The first-order chi connectivity index (χ1) is 9.40. The topological polar surface area (TPSA) is 63.2 Å². The molecule has 1 N–H and O–H groups in total. The summed E-state index contributed by atoms with van der Waals surface area (Å²) in [6.45, 7) is 1.68. The van der Waals surface area contributed by atoms with Crippen LogP contribution < -0.4 is 4.72 Å². The van der Waals surface area contributed by atoms with Gasteiger partial charge in [-0.05, 0) is 65.4 Å². The predicted octanol–water partition coefficient (Wildman–Crippen LogP) is 2.72. The van der Waals surface area contributed by atoms with Gasteiger partial charge in [0.2, 0.25) is 0 Å². The Morgan fingerprint density at radius 2 is 1.65 bits per heavy atom. The minimum Gasteiger partial charge on any atom is -0.268 e. The number of aryl methyl sites for hydroxylation is 1. The number of nitrogens with one attached hydrogen (secondary N) is 1. The van der Waals surface area contributed by atoms with Crippen LogP contribution >= 0.6 is 22.6 Å². The van der Waals surface area contributed by atoms with Crippen molar-refractivity contribution in [1.29, 1.82) is 0 Å². The summed E-state index contributed by atoms with van der Waals surface area (Å²) in [5, 5.41) is 0. The molecule has 0 fully saturated rings. The Morgan fingerprint density at radius 1 is 1.05 bits per heavy atom. The number of carbonyl (C=O) groups is 1. The van der Waals surface area contributed by atoms with E-state index in [-0.39, 0.29) is 4.90 Å². The molecule has 0 atom stereocenters. The zero-order valence-electron chi connectivity index (χ0n) is 10.6. The second-order valence-corrected chi connectivity index (χ2v) is 7.10. The number of sulfonamides is 1. The summed E-state index contributed by atoms with van der Waals surface area (Å²) in [6, 6.07) is 13.2. The van der Waals surface area contributed by atoms with Crippen molar-refractivity contribution >= 4 is 38.5 Å². The van der Waals surface area contributed by atoms with Crippen LogP contribution in [0.5, 0.6) is 0 Å². The molecule has 1 amide bonds. The van der Waals surface area contributed by atoms with Gasteiger partial charge in [0, 0.05) is 9.13 Å². The maximum Gasteiger partial charge on any atom is 0.264 e. The summed E-state index contributed by atoms with van der Waals surface area (Å²) in [5.74, 6) is -0.635. The highest BCUT2D eigenvalue weighted by Crippen LogP contribution is 2.14. The van der Waals surface area contributed by atoms with Gasteiger partial charge in [0.1, 0.15) is 0 Å². The number of amides is 1. The Hall–Kier alpha value is -1.41. The van der Waals surface area contributed by atoms with Gasteiger partial charge in [-0.3, -0.25) is 4.79 Å². The zero-order valence-corrected chi connectivity index (χ0v) is 13.6. The standard InChI is InChI=1S/C14H12INO3S/c1-10-4-2-3-5-13(10)20(18,19)16-14(17)11-6-8-12(15)9-7-11/h2-9H,1H3,(H,16,17). The fraction of sp³-hybridized carbons (Fsp3) is 0.0714. The number of carbonyl (C=O) groups excluding carboxylic acids is 1. The van der Waals surface area contributed by atoms with Gasteiger partial charge in [-0.1, -0.05) is 18.2 Å². The number of halogens is 1. The molecule has 2 rings (SSSR count). The second kappa shape index (κ2) is 5.92. The van der Waals surface area contributed by atoms with Crippen molar-refractivity contribution < 1.29 is 13.2 Å². The van der Waals surface area contributed by atoms with E-state index in [2.05, 4.69) is 27.3 Å². The molecule has 0 aliphatic rings. The van der Waals surface area contributed by atoms with Crippen LogP contribution in [0.15, 0.2) is 53.4 Å². The number of hydrogen-bond donors (Lipinski definition) is 1. The van der Waals surface area contributed by atoms with E-state index in [1.807, 2.05) is 0 Å². The summed E-state index contributed by atoms with van der Waals surface area (Å²) >= 11 is 2.11. The van der Waals surface area contributed by atoms with Gasteiger partial charge in [-0.25, -0.2) is 13.1 Å². The summed E-state index contributed by atoms with van der Waals surface area (Å²) in [4.78, 5) is 12.1. The number of benzene rings is 2. The number of hydrogen-bond acceptors (Lipinski definition) is 3. The van der Waals surface area contributed by atoms with Gasteiger partial charge < -0.3 is 0 Å². The minimum absolute atomic E-state index is 0.110. The summed E-state index contributed by atoms with van der Waals surface area (Å²) in [7, 11) is -3.85. The summed E-state index contributed by atoms with van der Waals surface area (Å²) in [6.07, 6.45) is 0. The zero-order chi connectivity index (χ0) is 14.8. The molecule has 0 saturated heterocycles. The molecule has 0 radical (unpaired) electrons. The van der Waals surface area contributed by atoms with Crippen LogP contribution in [0.1, 0.15) is 15.9 Å². The van der Waals surface area contributed by atoms with E-state index in [0.717, 1.165) is 3.57 Å². The lowest BCUT2D eigenvalue weighted by molar-refractivity contribution is 0.0981. The molecule has 0 aliphatic heterocycles. The van der Waals surface area contributed by atoms with Gasteiger partial charge >= 0.3 is 0 Å². The Balaban J connectivity index is 2.27. The summed E-state index contributed by atoms with van der Waals surface area (Å²) in [5.41, 5.74) is 0.901. The molecule has 20 heavy (non-hydrogen) atoms. The number of rotatable bonds is 3. The van der Waals surface area contributed by atoms with Crippen molar-refractivity contribution in [2.75, 3.05) is 0 Å². The first-order valence-corrected chi connectivity index (χ1v) is 8.35. The largest absolute Gasteiger partial charge is 0.268 e. The average molecular weight is 401 g/mol. The first-order valence-electron chi connectivity index (χ1n) is 5.78. The summed E-state index contributed by atoms with van der Waals surface area (Å²) < 4.78 is 27.4. The maximum atomic E-state index is 12.2. The monoisotopic (exact) mass is 401 g/mol. The first kappa shape index (κ1) is 15.0. The lowest BCUT2D eigenvalue weighted by Gasteiger charge is -2.09. The molecule has 104 valence electrons. The van der Waals surface area contributed by atoms with Crippen molar-refractivity contribution in [2.45, 2.75) is 11.8 Å². The van der Waals surface area contributed by atoms with Gasteiger partial charge in [-0.15, -0.1) is 0 Å². The van der Waals surface area contributed by atoms with Crippen LogP contribution in [-0.4, -0.2) is 14.3 Å². The van der Waals surface area contributed by atoms with E-state index in [9.17, 15) is 13.2 Å². The van der Waals surface area contributed by atoms with Crippen molar-refractivity contribution in [3.63, 3.8) is 0 Å². The Bertz CT molecular complexity index is 739. The molecule has 4 nitrogen and oxygen atoms in total. The van der Waals surface area contributed by atoms with Crippen molar-refractivity contribution in [3.05, 3.63) is 63.2 Å². The lowest BCUT2D eigenvalue weighted by Crippen LogP contribution is -2.31. The van der Waals surface area contributed by atoms with Crippen LogP contribution in [0.4, 0.5) is 0 Å². The molecule has 2 aromatic rings. The third-order valence-corrected chi connectivity index (χ3v) is 4.93.